The molecule has 0 saturated carbocycles. The van der Waals surface area contributed by atoms with Crippen molar-refractivity contribution < 1.29 is 0 Å². The van der Waals surface area contributed by atoms with E-state index in [1.54, 1.807) is 0 Å². The monoisotopic (exact) mass is 197 g/mol. The Hall–Kier alpha value is -0.480. The lowest BCUT2D eigenvalue weighted by Gasteiger charge is -2.18. The van der Waals surface area contributed by atoms with Crippen molar-refractivity contribution in [1.82, 2.24) is 15.1 Å². The summed E-state index contributed by atoms with van der Waals surface area (Å²) in [5.41, 5.74) is 1.51. The highest BCUT2D eigenvalue weighted by Gasteiger charge is 2.32. The van der Waals surface area contributed by atoms with Gasteiger partial charge in [0.25, 0.3) is 0 Å². The lowest BCUT2D eigenvalue weighted by atomic mass is 10.1. The third-order valence-corrected chi connectivity index (χ3v) is 3.84. The van der Waals surface area contributed by atoms with Crippen molar-refractivity contribution in [3.8, 4) is 0 Å². The summed E-state index contributed by atoms with van der Waals surface area (Å²) in [6, 6.07) is 2.08. The van der Waals surface area contributed by atoms with Crippen LogP contribution in [0.15, 0.2) is 12.3 Å². The quantitative estimate of drug-likeness (QED) is 0.740. The van der Waals surface area contributed by atoms with Crippen LogP contribution in [0.5, 0.6) is 0 Å². The van der Waals surface area contributed by atoms with Crippen LogP contribution in [0.1, 0.15) is 24.9 Å². The van der Waals surface area contributed by atoms with Gasteiger partial charge in [-0.1, -0.05) is 0 Å². The van der Waals surface area contributed by atoms with E-state index in [1.807, 2.05) is 29.7 Å². The van der Waals surface area contributed by atoms with E-state index in [-0.39, 0.29) is 5.54 Å². The largest absolute Gasteiger partial charge is 0.295 e. The van der Waals surface area contributed by atoms with Crippen LogP contribution in [0.2, 0.25) is 0 Å². The third-order valence-electron chi connectivity index (χ3n) is 2.26. The van der Waals surface area contributed by atoms with Gasteiger partial charge in [0.1, 0.15) is 0 Å². The molecule has 0 aromatic carbocycles. The zero-order valence-electron chi connectivity index (χ0n) is 8.24. The van der Waals surface area contributed by atoms with Crippen LogP contribution in [0.25, 0.3) is 0 Å². The van der Waals surface area contributed by atoms with Gasteiger partial charge in [0.05, 0.1) is 11.1 Å². The highest BCUT2D eigenvalue weighted by Crippen LogP contribution is 2.36. The molecule has 0 aliphatic carbocycles. The lowest BCUT2D eigenvalue weighted by molar-refractivity contribution is 0.442. The highest BCUT2D eigenvalue weighted by molar-refractivity contribution is 7.99. The Morgan fingerprint density at radius 2 is 2.46 bits per heavy atom. The highest BCUT2D eigenvalue weighted by atomic mass is 32.2. The second-order valence-corrected chi connectivity index (χ2v) is 5.19. The Kier molecular flexibility index (Phi) is 2.12. The topological polar surface area (TPSA) is 29.9 Å². The van der Waals surface area contributed by atoms with E-state index in [1.165, 1.54) is 5.69 Å². The van der Waals surface area contributed by atoms with Crippen LogP contribution in [0.4, 0.5) is 0 Å². The molecule has 0 amide bonds. The first-order valence-electron chi connectivity index (χ1n) is 4.46. The van der Waals surface area contributed by atoms with Crippen molar-refractivity contribution in [2.24, 2.45) is 7.05 Å². The zero-order chi connectivity index (χ0) is 9.47. The van der Waals surface area contributed by atoms with E-state index in [4.69, 9.17) is 0 Å². The summed E-state index contributed by atoms with van der Waals surface area (Å²) in [7, 11) is 1.99. The Balaban J connectivity index is 2.17. The lowest BCUT2D eigenvalue weighted by Crippen LogP contribution is -2.36. The van der Waals surface area contributed by atoms with E-state index in [2.05, 4.69) is 30.3 Å². The van der Waals surface area contributed by atoms with E-state index < -0.39 is 0 Å². The standard InChI is InChI=1S/C9H15N3S/c1-9(2)6-13-8(11-9)7-4-5-10-12(7)3/h4-5,8,11H,6H2,1-3H3. The van der Waals surface area contributed by atoms with E-state index >= 15 is 0 Å². The predicted octanol–water partition coefficient (Wildman–Crippen LogP) is 1.53. The van der Waals surface area contributed by atoms with Crippen LogP contribution in [-0.2, 0) is 7.05 Å². The van der Waals surface area contributed by atoms with E-state index in [0.717, 1.165) is 5.75 Å². The number of nitrogens with zero attached hydrogens (tertiary/aromatic N) is 2. The van der Waals surface area contributed by atoms with Crippen molar-refractivity contribution in [2.75, 3.05) is 5.75 Å². The zero-order valence-corrected chi connectivity index (χ0v) is 9.06. The van der Waals surface area contributed by atoms with Gasteiger partial charge in [0, 0.05) is 24.5 Å². The molecule has 1 unspecified atom stereocenters. The number of hydrogen-bond acceptors (Lipinski definition) is 3. The summed E-state index contributed by atoms with van der Waals surface area (Å²) in [4.78, 5) is 0. The number of hydrogen-bond donors (Lipinski definition) is 1. The molecular weight excluding hydrogens is 182 g/mol. The molecular formula is C9H15N3S. The molecule has 1 aliphatic heterocycles. The second-order valence-electron chi connectivity index (χ2n) is 4.10. The Bertz CT molecular complexity index is 306. The first-order chi connectivity index (χ1) is 6.08. The molecule has 0 spiro atoms. The maximum absolute atomic E-state index is 4.17. The smallest absolute Gasteiger partial charge is 0.0963 e. The van der Waals surface area contributed by atoms with E-state index in [0.29, 0.717) is 5.37 Å². The van der Waals surface area contributed by atoms with Crippen molar-refractivity contribution in [1.29, 1.82) is 0 Å². The predicted molar refractivity (Wildman–Crippen MR) is 55.6 cm³/mol. The second kappa shape index (κ2) is 3.03. The minimum atomic E-state index is 0.250. The van der Waals surface area contributed by atoms with E-state index in [9.17, 15) is 0 Å². The van der Waals surface area contributed by atoms with Crippen LogP contribution in [0.3, 0.4) is 0 Å². The van der Waals surface area contributed by atoms with Crippen LogP contribution >= 0.6 is 11.8 Å². The number of thioether (sulfide) groups is 1. The Morgan fingerprint density at radius 1 is 1.69 bits per heavy atom. The van der Waals surface area contributed by atoms with Crippen LogP contribution in [-0.4, -0.2) is 21.1 Å². The Labute approximate surface area is 82.9 Å². The number of nitrogens with one attached hydrogen (secondary N) is 1. The normalized spacial score (nSPS) is 26.5. The third kappa shape index (κ3) is 1.74. The molecule has 1 N–H and O–H groups in total. The van der Waals surface area contributed by atoms with Crippen molar-refractivity contribution in [3.63, 3.8) is 0 Å². The van der Waals surface area contributed by atoms with Crippen LogP contribution in [0, 0.1) is 0 Å². The fraction of sp³-hybridized carbons (Fsp3) is 0.667. The maximum atomic E-state index is 4.17. The molecule has 1 aromatic rings. The summed E-state index contributed by atoms with van der Waals surface area (Å²) >= 11 is 1.95. The SMILES string of the molecule is Cn1nccc1C1NC(C)(C)CS1. The first kappa shape index (κ1) is 9.09. The molecule has 1 saturated heterocycles. The van der Waals surface area contributed by atoms with Crippen molar-refractivity contribution >= 4 is 11.8 Å². The van der Waals surface area contributed by atoms with Crippen LogP contribution < -0.4 is 5.32 Å². The molecule has 2 heterocycles. The average Bonchev–Trinajstić information content (AvgIpc) is 2.56. The molecule has 72 valence electrons. The molecule has 1 fully saturated rings. The molecule has 1 aromatic heterocycles. The van der Waals surface area contributed by atoms with Gasteiger partial charge in [0.2, 0.25) is 0 Å². The molecule has 2 rings (SSSR count). The average molecular weight is 197 g/mol. The van der Waals surface area contributed by atoms with Gasteiger partial charge in [0.15, 0.2) is 0 Å². The van der Waals surface area contributed by atoms with Crippen molar-refractivity contribution in [2.45, 2.75) is 24.8 Å². The summed E-state index contributed by atoms with van der Waals surface area (Å²) in [5, 5.41) is 8.15. The number of aromatic nitrogens is 2. The molecule has 13 heavy (non-hydrogen) atoms. The van der Waals surface area contributed by atoms with Gasteiger partial charge in [-0.05, 0) is 19.9 Å². The fourth-order valence-corrected chi connectivity index (χ4v) is 3.00. The van der Waals surface area contributed by atoms with Crippen molar-refractivity contribution in [3.05, 3.63) is 18.0 Å². The minimum Gasteiger partial charge on any atom is -0.295 e. The summed E-state index contributed by atoms with van der Waals surface area (Å²) in [6.45, 7) is 4.47. The van der Waals surface area contributed by atoms with Gasteiger partial charge in [-0.15, -0.1) is 11.8 Å². The Morgan fingerprint density at radius 3 is 2.92 bits per heavy atom. The minimum absolute atomic E-state index is 0.250. The molecule has 0 bridgehead atoms. The summed E-state index contributed by atoms with van der Waals surface area (Å²) < 4.78 is 1.94. The van der Waals surface area contributed by atoms with Gasteiger partial charge >= 0.3 is 0 Å². The van der Waals surface area contributed by atoms with Gasteiger partial charge in [-0.25, -0.2) is 0 Å². The summed E-state index contributed by atoms with van der Waals surface area (Å²) in [5.74, 6) is 1.16. The van der Waals surface area contributed by atoms with Gasteiger partial charge < -0.3 is 0 Å². The number of aryl methyl sites for hydroxylation is 1. The summed E-state index contributed by atoms with van der Waals surface area (Å²) in [6.07, 6.45) is 1.85. The molecule has 3 nitrogen and oxygen atoms in total. The molecule has 4 heteroatoms. The number of rotatable bonds is 1. The maximum Gasteiger partial charge on any atom is 0.0963 e. The molecule has 0 radical (unpaired) electrons. The first-order valence-corrected chi connectivity index (χ1v) is 5.51. The fourth-order valence-electron chi connectivity index (χ4n) is 1.53. The molecule has 1 aliphatic rings. The molecule has 1 atom stereocenters. The van der Waals surface area contributed by atoms with Gasteiger partial charge in [-0.2, -0.15) is 5.10 Å². The van der Waals surface area contributed by atoms with Gasteiger partial charge in [-0.3, -0.25) is 10.00 Å².